The maximum absolute atomic E-state index is 2.36. The van der Waals surface area contributed by atoms with Gasteiger partial charge in [0.1, 0.15) is 0 Å². The molecule has 0 aromatic carbocycles. The largest absolute Gasteiger partial charge is 0.0821 e. The molecule has 0 aliphatic heterocycles. The van der Waals surface area contributed by atoms with E-state index in [1.807, 2.05) is 0 Å². The zero-order chi connectivity index (χ0) is 11.7. The zero-order valence-corrected chi connectivity index (χ0v) is 11.3. The Hall–Kier alpha value is -0.520. The van der Waals surface area contributed by atoms with Gasteiger partial charge in [0, 0.05) is 0 Å². The smallest absolute Gasteiger partial charge is 0.0164 e. The first-order chi connectivity index (χ1) is 7.06. The van der Waals surface area contributed by atoms with Crippen molar-refractivity contribution < 1.29 is 0 Å². The summed E-state index contributed by atoms with van der Waals surface area (Å²) in [5, 5.41) is 0. The topological polar surface area (TPSA) is 0 Å². The molecule has 0 bridgehead atoms. The van der Waals surface area contributed by atoms with Crippen LogP contribution in [0.1, 0.15) is 66.7 Å². The van der Waals surface area contributed by atoms with E-state index < -0.39 is 0 Å². The maximum Gasteiger partial charge on any atom is -0.0164 e. The molecule has 0 aliphatic rings. The van der Waals surface area contributed by atoms with E-state index in [-0.39, 0.29) is 0 Å². The minimum absolute atomic E-state index is 0.899. The van der Waals surface area contributed by atoms with Crippen LogP contribution in [0.4, 0.5) is 0 Å². The Morgan fingerprint density at radius 1 is 1.13 bits per heavy atom. The van der Waals surface area contributed by atoms with Crippen LogP contribution in [-0.4, -0.2) is 0 Å². The maximum atomic E-state index is 2.36. The molecule has 0 nitrogen and oxygen atoms in total. The third kappa shape index (κ3) is 9.78. The van der Waals surface area contributed by atoms with Gasteiger partial charge < -0.3 is 0 Å². The lowest BCUT2D eigenvalue weighted by atomic mass is 9.99. The summed E-state index contributed by atoms with van der Waals surface area (Å²) < 4.78 is 0. The minimum Gasteiger partial charge on any atom is -0.0821 e. The van der Waals surface area contributed by atoms with Crippen molar-refractivity contribution in [3.8, 4) is 0 Å². The van der Waals surface area contributed by atoms with Crippen LogP contribution in [0.15, 0.2) is 23.3 Å². The van der Waals surface area contributed by atoms with Crippen LogP contribution in [0.3, 0.4) is 0 Å². The van der Waals surface area contributed by atoms with Gasteiger partial charge in [0.2, 0.25) is 0 Å². The molecular weight excluding hydrogens is 180 g/mol. The monoisotopic (exact) mass is 208 g/mol. The van der Waals surface area contributed by atoms with E-state index in [4.69, 9.17) is 0 Å². The van der Waals surface area contributed by atoms with Crippen molar-refractivity contribution in [2.24, 2.45) is 5.92 Å². The van der Waals surface area contributed by atoms with Gasteiger partial charge in [-0.1, -0.05) is 50.0 Å². The summed E-state index contributed by atoms with van der Waals surface area (Å²) in [5.74, 6) is 0.899. The molecule has 0 saturated carbocycles. The molecule has 0 rings (SSSR count). The predicted octanol–water partition coefficient (Wildman–Crippen LogP) is 5.51. The van der Waals surface area contributed by atoms with Gasteiger partial charge in [-0.25, -0.2) is 0 Å². The highest BCUT2D eigenvalue weighted by atomic mass is 14.0. The van der Waals surface area contributed by atoms with E-state index in [1.54, 1.807) is 5.57 Å². The SMILES string of the molecule is CCC(C)CCCC(C)=CCC=C(C)C. The average Bonchev–Trinajstić information content (AvgIpc) is 2.17. The van der Waals surface area contributed by atoms with Gasteiger partial charge in [-0.2, -0.15) is 0 Å². The van der Waals surface area contributed by atoms with Crippen LogP contribution in [0.5, 0.6) is 0 Å². The zero-order valence-electron chi connectivity index (χ0n) is 11.3. The second-order valence-electron chi connectivity index (χ2n) is 4.97. The van der Waals surface area contributed by atoms with E-state index in [0.717, 1.165) is 12.3 Å². The van der Waals surface area contributed by atoms with Crippen molar-refractivity contribution in [3.63, 3.8) is 0 Å². The quantitative estimate of drug-likeness (QED) is 0.484. The molecule has 0 N–H and O–H groups in total. The van der Waals surface area contributed by atoms with E-state index >= 15 is 0 Å². The fourth-order valence-corrected chi connectivity index (χ4v) is 1.53. The molecular formula is C15H28. The molecule has 0 fully saturated rings. The third-order valence-electron chi connectivity index (χ3n) is 2.96. The van der Waals surface area contributed by atoms with Crippen molar-refractivity contribution in [1.82, 2.24) is 0 Å². The van der Waals surface area contributed by atoms with Crippen LogP contribution < -0.4 is 0 Å². The summed E-state index contributed by atoms with van der Waals surface area (Å²) in [4.78, 5) is 0. The molecule has 0 heteroatoms. The second-order valence-corrected chi connectivity index (χ2v) is 4.97. The minimum atomic E-state index is 0.899. The Balaban J connectivity index is 3.64. The van der Waals surface area contributed by atoms with Gasteiger partial charge in [-0.3, -0.25) is 0 Å². The van der Waals surface area contributed by atoms with Crippen molar-refractivity contribution in [2.75, 3.05) is 0 Å². The molecule has 0 radical (unpaired) electrons. The normalized spacial score (nSPS) is 13.8. The first-order valence-corrected chi connectivity index (χ1v) is 6.35. The van der Waals surface area contributed by atoms with E-state index in [0.29, 0.717) is 0 Å². The molecule has 88 valence electrons. The number of allylic oxidation sites excluding steroid dienone is 4. The first-order valence-electron chi connectivity index (χ1n) is 6.35. The van der Waals surface area contributed by atoms with Gasteiger partial charge >= 0.3 is 0 Å². The molecule has 0 aliphatic carbocycles. The number of hydrogen-bond donors (Lipinski definition) is 0. The van der Waals surface area contributed by atoms with Crippen LogP contribution >= 0.6 is 0 Å². The van der Waals surface area contributed by atoms with Crippen LogP contribution in [0, 0.1) is 5.92 Å². The summed E-state index contributed by atoms with van der Waals surface area (Å²) in [6.07, 6.45) is 11.1. The summed E-state index contributed by atoms with van der Waals surface area (Å²) in [5.41, 5.74) is 2.97. The molecule has 1 atom stereocenters. The molecule has 0 amide bonds. The highest BCUT2D eigenvalue weighted by Gasteiger charge is 1.98. The highest BCUT2D eigenvalue weighted by Crippen LogP contribution is 2.14. The van der Waals surface area contributed by atoms with E-state index in [9.17, 15) is 0 Å². The molecule has 0 saturated heterocycles. The molecule has 1 unspecified atom stereocenters. The summed E-state index contributed by atoms with van der Waals surface area (Å²) in [6.45, 7) is 11.2. The summed E-state index contributed by atoms with van der Waals surface area (Å²) in [6, 6.07) is 0. The lowest BCUT2D eigenvalue weighted by Gasteiger charge is -2.07. The van der Waals surface area contributed by atoms with E-state index in [1.165, 1.54) is 31.3 Å². The summed E-state index contributed by atoms with van der Waals surface area (Å²) in [7, 11) is 0. The fourth-order valence-electron chi connectivity index (χ4n) is 1.53. The third-order valence-corrected chi connectivity index (χ3v) is 2.96. The Morgan fingerprint density at radius 3 is 2.33 bits per heavy atom. The van der Waals surface area contributed by atoms with Crippen molar-refractivity contribution in [2.45, 2.75) is 66.7 Å². The van der Waals surface area contributed by atoms with Gasteiger partial charge in [-0.15, -0.1) is 0 Å². The first kappa shape index (κ1) is 14.5. The summed E-state index contributed by atoms with van der Waals surface area (Å²) >= 11 is 0. The van der Waals surface area contributed by atoms with Crippen LogP contribution in [-0.2, 0) is 0 Å². The number of rotatable bonds is 7. The van der Waals surface area contributed by atoms with Gasteiger partial charge in [0.05, 0.1) is 0 Å². The van der Waals surface area contributed by atoms with E-state index in [2.05, 4.69) is 46.8 Å². The Kier molecular flexibility index (Phi) is 8.46. The Labute approximate surface area is 96.5 Å². The molecule has 0 aromatic rings. The standard InChI is InChI=1S/C15H28/c1-6-14(4)10-8-12-15(5)11-7-9-13(2)3/h9,11,14H,6-8,10,12H2,1-5H3. The van der Waals surface area contributed by atoms with Gasteiger partial charge in [-0.05, 0) is 46.0 Å². The molecule has 0 heterocycles. The highest BCUT2D eigenvalue weighted by molar-refractivity contribution is 5.04. The van der Waals surface area contributed by atoms with Gasteiger partial charge in [0.15, 0.2) is 0 Å². The predicted molar refractivity (Wildman–Crippen MR) is 71.1 cm³/mol. The van der Waals surface area contributed by atoms with Crippen LogP contribution in [0.2, 0.25) is 0 Å². The molecule has 0 spiro atoms. The number of hydrogen-bond acceptors (Lipinski definition) is 0. The fraction of sp³-hybridized carbons (Fsp3) is 0.733. The van der Waals surface area contributed by atoms with Crippen molar-refractivity contribution in [1.29, 1.82) is 0 Å². The lowest BCUT2D eigenvalue weighted by Crippen LogP contribution is -1.91. The van der Waals surface area contributed by atoms with Crippen LogP contribution in [0.25, 0.3) is 0 Å². The second kappa shape index (κ2) is 8.76. The Morgan fingerprint density at radius 2 is 1.80 bits per heavy atom. The van der Waals surface area contributed by atoms with Crippen molar-refractivity contribution >= 4 is 0 Å². The molecule has 0 aromatic heterocycles. The average molecular weight is 208 g/mol. The Bertz CT molecular complexity index is 204. The molecule has 15 heavy (non-hydrogen) atoms. The van der Waals surface area contributed by atoms with Crippen molar-refractivity contribution in [3.05, 3.63) is 23.3 Å². The lowest BCUT2D eigenvalue weighted by molar-refractivity contribution is 0.495. The van der Waals surface area contributed by atoms with Gasteiger partial charge in [0.25, 0.3) is 0 Å².